The molecule has 0 aromatic heterocycles. The molecule has 0 aliphatic carbocycles. The molecule has 0 N–H and O–H groups in total. The Morgan fingerprint density at radius 1 is 1.00 bits per heavy atom. The van der Waals surface area contributed by atoms with E-state index in [1.54, 1.807) is 0 Å². The third kappa shape index (κ3) is 8.82. The average Bonchev–Trinajstić information content (AvgIpc) is 0. The molecule has 0 bridgehead atoms. The first kappa shape index (κ1) is 30.3. The molecule has 0 aliphatic heterocycles. The van der Waals surface area contributed by atoms with Gasteiger partial charge in [0.15, 0.2) is 0 Å². The normalized spacial score (nSPS) is 0. The summed E-state index contributed by atoms with van der Waals surface area (Å²) in [6.45, 7) is 0. The zero-order chi connectivity index (χ0) is 0. The Labute approximate surface area is 77.2 Å². The minimum Gasteiger partial charge on any atom is -0.197 e. The molecule has 0 aromatic rings. The maximum Gasteiger partial charge on any atom is 0 e. The van der Waals surface area contributed by atoms with Crippen molar-refractivity contribution in [2.45, 2.75) is 0 Å². The fourth-order valence-electron chi connectivity index (χ4n) is 0. The van der Waals surface area contributed by atoms with E-state index in [4.69, 9.17) is 0 Å². The Bertz CT molecular complexity index is 8.00. The molecule has 0 amide bonds. The van der Waals surface area contributed by atoms with Crippen molar-refractivity contribution in [2.24, 2.45) is 0 Å². The van der Waals surface area contributed by atoms with Crippen LogP contribution in [0.5, 0.6) is 0 Å². The SMILES string of the molecule is P.S.[Cd].[Hg]. The quantitative estimate of drug-likeness (QED) is 0.415. The fourth-order valence-corrected chi connectivity index (χ4v) is 0. The van der Waals surface area contributed by atoms with Crippen LogP contribution in [0.2, 0.25) is 0 Å². The molecule has 0 spiro atoms. The van der Waals surface area contributed by atoms with Gasteiger partial charge in [0.2, 0.25) is 0 Å². The van der Waals surface area contributed by atoms with Gasteiger partial charge in [-0.1, -0.05) is 0 Å². The predicted molar refractivity (Wildman–Crippen MR) is 21.5 cm³/mol. The fraction of sp³-hybridized carbons (Fsp3) is 0. The molecule has 0 aromatic carbocycles. The second-order valence-electron chi connectivity index (χ2n) is 0. The third-order valence-corrected chi connectivity index (χ3v) is 0. The van der Waals surface area contributed by atoms with E-state index in [2.05, 4.69) is 0 Å². The molecule has 0 aliphatic rings. The molecular weight excluding hydrogens is 376 g/mol. The van der Waals surface area contributed by atoms with E-state index >= 15 is 0 Å². The van der Waals surface area contributed by atoms with Gasteiger partial charge in [-0.3, -0.25) is 0 Å². The maximum atomic E-state index is 0. The van der Waals surface area contributed by atoms with Gasteiger partial charge in [-0.25, -0.2) is 0 Å². The summed E-state index contributed by atoms with van der Waals surface area (Å²) in [6, 6.07) is 0. The van der Waals surface area contributed by atoms with Crippen molar-refractivity contribution in [1.82, 2.24) is 0 Å². The minimum absolute atomic E-state index is 0. The van der Waals surface area contributed by atoms with E-state index < -0.39 is 0 Å². The average molecular weight is 381 g/mol. The monoisotopic (exact) mass is 384 g/mol. The molecule has 1 atom stereocenters. The molecule has 4 heavy (non-hydrogen) atoms. The molecule has 0 heterocycles. The summed E-state index contributed by atoms with van der Waals surface area (Å²) in [5.74, 6) is 0. The van der Waals surface area contributed by atoms with Crippen LogP contribution in [0.3, 0.4) is 0 Å². The van der Waals surface area contributed by atoms with Gasteiger partial charge in [0.1, 0.15) is 0 Å². The maximum absolute atomic E-state index is 0. The van der Waals surface area contributed by atoms with Crippen LogP contribution in [0.15, 0.2) is 0 Å². The zero-order valence-corrected chi connectivity index (χ0v) is 14.6. The molecule has 0 nitrogen and oxygen atoms in total. The van der Waals surface area contributed by atoms with Crippen LogP contribution in [0.1, 0.15) is 0 Å². The van der Waals surface area contributed by atoms with E-state index in [9.17, 15) is 0 Å². The van der Waals surface area contributed by atoms with Gasteiger partial charge in [-0.2, -0.15) is 23.4 Å². The van der Waals surface area contributed by atoms with E-state index in [0.717, 1.165) is 0 Å². The Morgan fingerprint density at radius 2 is 1.00 bits per heavy atom. The molecule has 4 heteroatoms. The first-order valence-electron chi connectivity index (χ1n) is 0. The first-order valence-corrected chi connectivity index (χ1v) is 0. The molecule has 0 saturated carbocycles. The molecule has 0 radical (unpaired) electrons. The first-order chi connectivity index (χ1) is 0. The molecule has 0 fully saturated rings. The van der Waals surface area contributed by atoms with E-state index in [1.807, 2.05) is 0 Å². The second kappa shape index (κ2) is 17.4. The van der Waals surface area contributed by atoms with Gasteiger partial charge in [0, 0.05) is 55.0 Å². The van der Waals surface area contributed by atoms with Crippen LogP contribution in [-0.4, -0.2) is 0 Å². The van der Waals surface area contributed by atoms with Crippen molar-refractivity contribution < 1.29 is 55.0 Å². The van der Waals surface area contributed by atoms with Crippen LogP contribution in [0, 0.1) is 0 Å². The summed E-state index contributed by atoms with van der Waals surface area (Å²) in [5, 5.41) is 0. The standard InChI is InChI=1S/Cd.Hg.H3P.H2S/h;;1H3;1H2. The number of rotatable bonds is 0. The van der Waals surface area contributed by atoms with Gasteiger partial charge >= 0.3 is 0 Å². The predicted octanol–water partition coefficient (Wildman–Crippen LogP) is 0.166. The largest absolute Gasteiger partial charge is 0.197 e. The number of hydrogen-bond donors (Lipinski definition) is 0. The topological polar surface area (TPSA) is 0 Å². The number of hydrogen-bond acceptors (Lipinski definition) is 0. The van der Waals surface area contributed by atoms with E-state index in [-0.39, 0.29) is 78.4 Å². The van der Waals surface area contributed by atoms with Gasteiger partial charge in [0.05, 0.1) is 0 Å². The molecule has 0 saturated heterocycles. The minimum atomic E-state index is 0. The molecular formula is H5CdHgPS. The van der Waals surface area contributed by atoms with Crippen molar-refractivity contribution >= 4 is 23.4 Å². The van der Waals surface area contributed by atoms with Gasteiger partial charge < -0.3 is 0 Å². The van der Waals surface area contributed by atoms with Gasteiger partial charge in [-0.05, 0) is 0 Å². The van der Waals surface area contributed by atoms with Crippen LogP contribution in [0.25, 0.3) is 0 Å². The smallest absolute Gasteiger partial charge is 0 e. The van der Waals surface area contributed by atoms with E-state index in [1.165, 1.54) is 0 Å². The zero-order valence-electron chi connectivity index (χ0n) is 2.62. The van der Waals surface area contributed by atoms with Gasteiger partial charge in [0.25, 0.3) is 0 Å². The van der Waals surface area contributed by atoms with Crippen molar-refractivity contribution in [3.05, 3.63) is 0 Å². The summed E-state index contributed by atoms with van der Waals surface area (Å²) < 4.78 is 0. The Morgan fingerprint density at radius 3 is 1.00 bits per heavy atom. The Balaban J connectivity index is 0. The van der Waals surface area contributed by atoms with Crippen LogP contribution in [0.4, 0.5) is 0 Å². The molecule has 20 valence electrons. The van der Waals surface area contributed by atoms with Crippen molar-refractivity contribution in [2.75, 3.05) is 0 Å². The van der Waals surface area contributed by atoms with Crippen molar-refractivity contribution in [3.63, 3.8) is 0 Å². The van der Waals surface area contributed by atoms with Gasteiger partial charge in [-0.15, -0.1) is 0 Å². The van der Waals surface area contributed by atoms with E-state index in [0.29, 0.717) is 0 Å². The molecule has 1 unspecified atom stereocenters. The third-order valence-electron chi connectivity index (χ3n) is 0. The van der Waals surface area contributed by atoms with Crippen LogP contribution in [-0.2, 0) is 55.0 Å². The van der Waals surface area contributed by atoms with Crippen LogP contribution < -0.4 is 0 Å². The Kier molecular flexibility index (Phi) is 132. The molecule has 0 rings (SSSR count). The van der Waals surface area contributed by atoms with Crippen LogP contribution >= 0.6 is 23.4 Å². The second-order valence-corrected chi connectivity index (χ2v) is 0. The van der Waals surface area contributed by atoms with Crippen molar-refractivity contribution in [3.8, 4) is 0 Å². The summed E-state index contributed by atoms with van der Waals surface area (Å²) in [5.41, 5.74) is 0. The van der Waals surface area contributed by atoms with Crippen molar-refractivity contribution in [1.29, 1.82) is 0 Å². The summed E-state index contributed by atoms with van der Waals surface area (Å²) in [6.07, 6.45) is 0. The summed E-state index contributed by atoms with van der Waals surface area (Å²) in [4.78, 5) is 0. The Hall–Kier alpha value is 2.64. The summed E-state index contributed by atoms with van der Waals surface area (Å²) >= 11 is 0. The summed E-state index contributed by atoms with van der Waals surface area (Å²) in [7, 11) is 0.